The van der Waals surface area contributed by atoms with E-state index >= 15 is 0 Å². The zero-order valence-electron chi connectivity index (χ0n) is 5.34. The van der Waals surface area contributed by atoms with Crippen molar-refractivity contribution in [1.82, 2.24) is 0 Å². The quantitative estimate of drug-likeness (QED) is 0.467. The van der Waals surface area contributed by atoms with E-state index in [0.29, 0.717) is 5.56 Å². The first kappa shape index (κ1) is 9.62. The average Bonchev–Trinajstić information content (AvgIpc) is 2.10. The SMILES string of the molecule is N#Cc1cc[c-]cc1.[Cl][Zn+]. The minimum absolute atomic E-state index is 0.684. The van der Waals surface area contributed by atoms with E-state index in [-0.39, 0.29) is 0 Å². The predicted octanol–water partition coefficient (Wildman–Crippen LogP) is 2.05. The van der Waals surface area contributed by atoms with Gasteiger partial charge in [-0.15, -0.1) is 0 Å². The third-order valence-electron chi connectivity index (χ3n) is 0.847. The summed E-state index contributed by atoms with van der Waals surface area (Å²) in [6.45, 7) is 0. The normalized spacial score (nSPS) is 7.00. The Bertz CT molecular complexity index is 205. The molecular weight excluding hydrogens is 199 g/mol. The van der Waals surface area contributed by atoms with E-state index in [2.05, 4.69) is 6.07 Å². The molecule has 0 amide bonds. The Balaban J connectivity index is 0.000000371. The van der Waals surface area contributed by atoms with Crippen molar-refractivity contribution in [2.45, 2.75) is 0 Å². The second-order valence-corrected chi connectivity index (χ2v) is 1.40. The van der Waals surface area contributed by atoms with Gasteiger partial charge in [-0.1, -0.05) is 5.56 Å². The van der Waals surface area contributed by atoms with Gasteiger partial charge in [0, 0.05) is 0 Å². The summed E-state index contributed by atoms with van der Waals surface area (Å²) in [6, 6.07) is 11.7. The number of nitrogens with zero attached hydrogens (tertiary/aromatic N) is 1. The molecule has 0 bridgehead atoms. The number of rotatable bonds is 0. The molecule has 0 aliphatic carbocycles. The van der Waals surface area contributed by atoms with Gasteiger partial charge in [-0.3, -0.25) is 0 Å². The molecule has 0 saturated heterocycles. The molecule has 0 atom stereocenters. The van der Waals surface area contributed by atoms with Crippen LogP contribution in [0.1, 0.15) is 5.56 Å². The predicted molar refractivity (Wildman–Crippen MR) is 35.8 cm³/mol. The van der Waals surface area contributed by atoms with E-state index in [1.807, 2.05) is 6.07 Å². The number of halogens is 1. The van der Waals surface area contributed by atoms with Gasteiger partial charge in [-0.2, -0.15) is 35.6 Å². The molecule has 0 aromatic heterocycles. The van der Waals surface area contributed by atoms with E-state index in [9.17, 15) is 0 Å². The third-order valence-corrected chi connectivity index (χ3v) is 0.847. The van der Waals surface area contributed by atoms with Crippen LogP contribution in [0.2, 0.25) is 0 Å². The third kappa shape index (κ3) is 3.61. The fourth-order valence-corrected chi connectivity index (χ4v) is 0.461. The molecule has 0 unspecified atom stereocenters. The van der Waals surface area contributed by atoms with Crippen LogP contribution >= 0.6 is 9.69 Å². The average molecular weight is 203 g/mol. The first-order chi connectivity index (χ1) is 4.93. The fourth-order valence-electron chi connectivity index (χ4n) is 0.461. The summed E-state index contributed by atoms with van der Waals surface area (Å²) in [7, 11) is 4.76. The van der Waals surface area contributed by atoms with Crippen molar-refractivity contribution in [2.24, 2.45) is 0 Å². The van der Waals surface area contributed by atoms with Crippen LogP contribution in [0.3, 0.4) is 0 Å². The maximum absolute atomic E-state index is 8.27. The molecule has 0 N–H and O–H groups in total. The zero-order valence-corrected chi connectivity index (χ0v) is 9.06. The zero-order chi connectivity index (χ0) is 7.82. The van der Waals surface area contributed by atoms with Crippen LogP contribution in [0.5, 0.6) is 0 Å². The molecule has 1 aromatic carbocycles. The van der Waals surface area contributed by atoms with Crippen LogP contribution in [0.4, 0.5) is 0 Å². The Labute approximate surface area is 74.3 Å². The molecule has 1 aromatic rings. The van der Waals surface area contributed by atoms with Crippen molar-refractivity contribution < 1.29 is 17.3 Å². The molecular formula is C7H4ClNZn. The van der Waals surface area contributed by atoms with Crippen molar-refractivity contribution in [1.29, 1.82) is 5.26 Å². The summed E-state index contributed by atoms with van der Waals surface area (Å²) in [5.74, 6) is 0. The first-order valence-corrected chi connectivity index (χ1v) is 6.46. The number of hydrogen-bond donors (Lipinski definition) is 0. The molecule has 0 radical (unpaired) electrons. The summed E-state index contributed by atoms with van der Waals surface area (Å²) in [6.07, 6.45) is 0. The summed E-state index contributed by atoms with van der Waals surface area (Å²) >= 11 is 0.847. The molecule has 0 spiro atoms. The maximum atomic E-state index is 8.27. The van der Waals surface area contributed by atoms with E-state index < -0.39 is 0 Å². The summed E-state index contributed by atoms with van der Waals surface area (Å²) < 4.78 is 0. The van der Waals surface area contributed by atoms with E-state index in [4.69, 9.17) is 15.0 Å². The molecule has 0 aliphatic heterocycles. The Kier molecular flexibility index (Phi) is 6.49. The van der Waals surface area contributed by atoms with Crippen LogP contribution in [0.25, 0.3) is 0 Å². The van der Waals surface area contributed by atoms with Gasteiger partial charge in [0.05, 0.1) is 6.07 Å². The Hall–Kier alpha value is -0.377. The first-order valence-electron chi connectivity index (χ1n) is 2.56. The standard InChI is InChI=1S/C7H4N.ClH.Zn/c8-6-7-4-2-1-3-5-7;;/h2-5H;1H;/q-1;;+2/p-1. The Morgan fingerprint density at radius 1 is 1.40 bits per heavy atom. The van der Waals surface area contributed by atoms with Crippen LogP contribution < -0.4 is 0 Å². The monoisotopic (exact) mass is 201 g/mol. The van der Waals surface area contributed by atoms with E-state index in [1.54, 1.807) is 24.3 Å². The van der Waals surface area contributed by atoms with Gasteiger partial charge in [0.15, 0.2) is 0 Å². The van der Waals surface area contributed by atoms with Gasteiger partial charge in [0.25, 0.3) is 0 Å². The van der Waals surface area contributed by atoms with Gasteiger partial charge in [-0.05, 0) is 0 Å². The number of hydrogen-bond acceptors (Lipinski definition) is 1. The topological polar surface area (TPSA) is 23.8 Å². The van der Waals surface area contributed by atoms with Crippen molar-refractivity contribution >= 4 is 9.69 Å². The summed E-state index contributed by atoms with van der Waals surface area (Å²) in [5.41, 5.74) is 0.684. The molecule has 1 rings (SSSR count). The van der Waals surface area contributed by atoms with Gasteiger partial charge >= 0.3 is 27.0 Å². The van der Waals surface area contributed by atoms with Crippen LogP contribution in [0, 0.1) is 17.4 Å². The second-order valence-electron chi connectivity index (χ2n) is 1.40. The van der Waals surface area contributed by atoms with Gasteiger partial charge in [-0.25, -0.2) is 0 Å². The van der Waals surface area contributed by atoms with Crippen LogP contribution in [-0.4, -0.2) is 0 Å². The molecule has 0 aliphatic rings. The molecule has 0 heterocycles. The molecule has 1 nitrogen and oxygen atoms in total. The van der Waals surface area contributed by atoms with E-state index in [1.165, 1.54) is 0 Å². The molecule has 0 fully saturated rings. The van der Waals surface area contributed by atoms with Gasteiger partial charge < -0.3 is 0 Å². The minimum atomic E-state index is 0.684. The summed E-state index contributed by atoms with van der Waals surface area (Å²) in [5, 5.41) is 8.27. The van der Waals surface area contributed by atoms with Crippen molar-refractivity contribution in [3.05, 3.63) is 35.9 Å². The molecule has 46 valence electrons. The Morgan fingerprint density at radius 2 is 1.90 bits per heavy atom. The summed E-state index contributed by atoms with van der Waals surface area (Å²) in [4.78, 5) is 0. The molecule has 3 heteroatoms. The van der Waals surface area contributed by atoms with Gasteiger partial charge in [0.2, 0.25) is 0 Å². The number of benzene rings is 1. The fraction of sp³-hybridized carbons (Fsp3) is 0. The second kappa shape index (κ2) is 6.74. The Morgan fingerprint density at radius 3 is 2.20 bits per heavy atom. The molecule has 0 saturated carbocycles. The van der Waals surface area contributed by atoms with Crippen molar-refractivity contribution in [2.75, 3.05) is 0 Å². The van der Waals surface area contributed by atoms with Crippen molar-refractivity contribution in [3.63, 3.8) is 0 Å². The van der Waals surface area contributed by atoms with Crippen molar-refractivity contribution in [3.8, 4) is 6.07 Å². The van der Waals surface area contributed by atoms with Crippen LogP contribution in [0.15, 0.2) is 24.3 Å². The number of nitriles is 1. The van der Waals surface area contributed by atoms with Crippen LogP contribution in [-0.2, 0) is 17.3 Å². The molecule has 10 heavy (non-hydrogen) atoms. The van der Waals surface area contributed by atoms with Gasteiger partial charge in [0.1, 0.15) is 0 Å². The van der Waals surface area contributed by atoms with E-state index in [0.717, 1.165) is 17.3 Å².